The Morgan fingerprint density at radius 1 is 1.22 bits per heavy atom. The second kappa shape index (κ2) is 7.27. The van der Waals surface area contributed by atoms with Gasteiger partial charge in [0.25, 0.3) is 0 Å². The summed E-state index contributed by atoms with van der Waals surface area (Å²) >= 11 is 0. The molecular weight excluding hydrogens is 232 g/mol. The fourth-order valence-electron chi connectivity index (χ4n) is 1.14. The summed E-state index contributed by atoms with van der Waals surface area (Å²) in [6, 6.07) is 8.56. The summed E-state index contributed by atoms with van der Waals surface area (Å²) in [5, 5.41) is 0. The Hall–Kier alpha value is -2.10. The zero-order valence-corrected chi connectivity index (χ0v) is 10.5. The molecule has 0 unspecified atom stereocenters. The van der Waals surface area contributed by atoms with Crippen molar-refractivity contribution in [2.45, 2.75) is 20.3 Å². The number of ether oxygens (including phenoxy) is 2. The molecule has 18 heavy (non-hydrogen) atoms. The lowest BCUT2D eigenvalue weighted by Crippen LogP contribution is -2.08. The van der Waals surface area contributed by atoms with E-state index in [1.54, 1.807) is 30.3 Å². The monoisotopic (exact) mass is 248 g/mol. The van der Waals surface area contributed by atoms with Gasteiger partial charge in [-0.15, -0.1) is 0 Å². The summed E-state index contributed by atoms with van der Waals surface area (Å²) in [4.78, 5) is 22.9. The molecule has 0 aliphatic rings. The molecule has 0 heterocycles. The van der Waals surface area contributed by atoms with Crippen LogP contribution in [-0.2, 0) is 14.3 Å². The van der Waals surface area contributed by atoms with Crippen LogP contribution in [0.1, 0.15) is 30.6 Å². The van der Waals surface area contributed by atoms with E-state index in [0.717, 1.165) is 12.7 Å². The topological polar surface area (TPSA) is 52.6 Å². The Balaban J connectivity index is 2.53. The van der Waals surface area contributed by atoms with Crippen molar-refractivity contribution in [2.75, 3.05) is 6.61 Å². The van der Waals surface area contributed by atoms with Gasteiger partial charge in [0.05, 0.1) is 17.7 Å². The number of hydrogen-bond acceptors (Lipinski definition) is 4. The van der Waals surface area contributed by atoms with Gasteiger partial charge >= 0.3 is 11.9 Å². The van der Waals surface area contributed by atoms with Crippen molar-refractivity contribution in [1.82, 2.24) is 0 Å². The number of esters is 2. The minimum absolute atomic E-state index is 0.257. The number of carbonyl (C=O) groups is 2. The lowest BCUT2D eigenvalue weighted by Gasteiger charge is -2.03. The maximum Gasteiger partial charge on any atom is 0.342 e. The molecule has 0 aromatic heterocycles. The predicted molar refractivity (Wildman–Crippen MR) is 66.9 cm³/mol. The summed E-state index contributed by atoms with van der Waals surface area (Å²) in [5.74, 6) is -0.976. The van der Waals surface area contributed by atoms with Crippen LogP contribution in [0.5, 0.6) is 0 Å². The van der Waals surface area contributed by atoms with Crippen molar-refractivity contribution in [3.05, 3.63) is 47.7 Å². The summed E-state index contributed by atoms with van der Waals surface area (Å²) in [7, 11) is 0. The quantitative estimate of drug-likeness (QED) is 0.456. The van der Waals surface area contributed by atoms with Crippen LogP contribution < -0.4 is 0 Å². The highest BCUT2D eigenvalue weighted by molar-refractivity contribution is 5.91. The zero-order chi connectivity index (χ0) is 13.4. The molecule has 0 radical (unpaired) electrons. The number of benzene rings is 1. The van der Waals surface area contributed by atoms with E-state index in [-0.39, 0.29) is 5.57 Å². The largest absolute Gasteiger partial charge is 0.462 e. The van der Waals surface area contributed by atoms with E-state index in [0.29, 0.717) is 12.2 Å². The Morgan fingerprint density at radius 2 is 1.89 bits per heavy atom. The molecule has 1 rings (SSSR count). The van der Waals surface area contributed by atoms with Gasteiger partial charge < -0.3 is 9.47 Å². The number of carbonyl (C=O) groups excluding carboxylic acids is 2. The molecule has 4 heteroatoms. The standard InChI is InChI=1S/C14H16O4/c1-3-9-17-13(15)11(2)10-18-14(16)12-7-5-4-6-8-12/h4-8,10H,3,9H2,1-2H3. The van der Waals surface area contributed by atoms with Crippen molar-refractivity contribution >= 4 is 11.9 Å². The van der Waals surface area contributed by atoms with Gasteiger partial charge in [0, 0.05) is 0 Å². The van der Waals surface area contributed by atoms with E-state index in [1.807, 2.05) is 6.92 Å². The molecule has 0 aliphatic heterocycles. The number of hydrogen-bond donors (Lipinski definition) is 0. The Bertz CT molecular complexity index is 434. The first-order valence-corrected chi connectivity index (χ1v) is 5.75. The summed E-state index contributed by atoms with van der Waals surface area (Å²) in [5.41, 5.74) is 0.691. The summed E-state index contributed by atoms with van der Waals surface area (Å²) < 4.78 is 9.78. The lowest BCUT2D eigenvalue weighted by atomic mass is 10.2. The summed E-state index contributed by atoms with van der Waals surface area (Å²) in [6.07, 6.45) is 1.87. The van der Waals surface area contributed by atoms with E-state index in [9.17, 15) is 9.59 Å². The highest BCUT2D eigenvalue weighted by Crippen LogP contribution is 2.04. The molecule has 0 amide bonds. The highest BCUT2D eigenvalue weighted by Gasteiger charge is 2.08. The molecule has 0 atom stereocenters. The molecule has 1 aromatic carbocycles. The Morgan fingerprint density at radius 3 is 2.50 bits per heavy atom. The minimum Gasteiger partial charge on any atom is -0.462 e. The first kappa shape index (κ1) is 14.0. The third-order valence-corrected chi connectivity index (χ3v) is 2.11. The molecule has 0 bridgehead atoms. The highest BCUT2D eigenvalue weighted by atomic mass is 16.5. The molecule has 0 spiro atoms. The van der Waals surface area contributed by atoms with Crippen LogP contribution in [0.3, 0.4) is 0 Å². The average molecular weight is 248 g/mol. The van der Waals surface area contributed by atoms with Gasteiger partial charge in [0.2, 0.25) is 0 Å². The van der Waals surface area contributed by atoms with Crippen molar-refractivity contribution in [2.24, 2.45) is 0 Å². The van der Waals surface area contributed by atoms with E-state index in [1.165, 1.54) is 6.92 Å². The minimum atomic E-state index is -0.502. The van der Waals surface area contributed by atoms with Gasteiger partial charge in [-0.25, -0.2) is 9.59 Å². The van der Waals surface area contributed by atoms with Gasteiger partial charge in [-0.3, -0.25) is 0 Å². The lowest BCUT2D eigenvalue weighted by molar-refractivity contribution is -0.139. The van der Waals surface area contributed by atoms with E-state index < -0.39 is 11.9 Å². The fraction of sp³-hybridized carbons (Fsp3) is 0.286. The third kappa shape index (κ3) is 4.41. The molecule has 0 aliphatic carbocycles. The Labute approximate surface area is 106 Å². The zero-order valence-electron chi connectivity index (χ0n) is 10.5. The Kier molecular flexibility index (Phi) is 5.64. The van der Waals surface area contributed by atoms with Crippen LogP contribution in [0.2, 0.25) is 0 Å². The fourth-order valence-corrected chi connectivity index (χ4v) is 1.14. The van der Waals surface area contributed by atoms with Gasteiger partial charge in [-0.1, -0.05) is 25.1 Å². The van der Waals surface area contributed by atoms with E-state index in [2.05, 4.69) is 0 Å². The van der Waals surface area contributed by atoms with Crippen molar-refractivity contribution in [1.29, 1.82) is 0 Å². The van der Waals surface area contributed by atoms with Crippen molar-refractivity contribution in [3.8, 4) is 0 Å². The molecule has 0 saturated carbocycles. The van der Waals surface area contributed by atoms with Crippen molar-refractivity contribution < 1.29 is 19.1 Å². The first-order chi connectivity index (χ1) is 8.65. The predicted octanol–water partition coefficient (Wildman–Crippen LogP) is 2.70. The first-order valence-electron chi connectivity index (χ1n) is 5.75. The maximum atomic E-state index is 11.6. The smallest absolute Gasteiger partial charge is 0.342 e. The van der Waals surface area contributed by atoms with E-state index in [4.69, 9.17) is 9.47 Å². The molecule has 1 aromatic rings. The van der Waals surface area contributed by atoms with Crippen LogP contribution >= 0.6 is 0 Å². The van der Waals surface area contributed by atoms with Crippen LogP contribution in [0.25, 0.3) is 0 Å². The van der Waals surface area contributed by atoms with Gasteiger partial charge in [0.1, 0.15) is 6.26 Å². The van der Waals surface area contributed by atoms with Gasteiger partial charge in [0.15, 0.2) is 0 Å². The molecule has 4 nitrogen and oxygen atoms in total. The molecular formula is C14H16O4. The molecule has 0 saturated heterocycles. The number of rotatable bonds is 5. The second-order valence-corrected chi connectivity index (χ2v) is 3.71. The maximum absolute atomic E-state index is 11.6. The second-order valence-electron chi connectivity index (χ2n) is 3.71. The SMILES string of the molecule is CCCOC(=O)C(C)=COC(=O)c1ccccc1. The molecule has 0 fully saturated rings. The third-order valence-electron chi connectivity index (χ3n) is 2.11. The molecule has 0 N–H and O–H groups in total. The van der Waals surface area contributed by atoms with Crippen LogP contribution in [-0.4, -0.2) is 18.5 Å². The average Bonchev–Trinajstić information content (AvgIpc) is 2.42. The van der Waals surface area contributed by atoms with Crippen LogP contribution in [0.15, 0.2) is 42.2 Å². The van der Waals surface area contributed by atoms with E-state index >= 15 is 0 Å². The van der Waals surface area contributed by atoms with Gasteiger partial charge in [-0.2, -0.15) is 0 Å². The van der Waals surface area contributed by atoms with Gasteiger partial charge in [-0.05, 0) is 25.5 Å². The summed E-state index contributed by atoms with van der Waals surface area (Å²) in [6.45, 7) is 3.80. The van der Waals surface area contributed by atoms with Crippen LogP contribution in [0, 0.1) is 0 Å². The molecule has 96 valence electrons. The normalized spacial score (nSPS) is 10.9. The van der Waals surface area contributed by atoms with Crippen molar-refractivity contribution in [3.63, 3.8) is 0 Å². The van der Waals surface area contributed by atoms with Crippen LogP contribution in [0.4, 0.5) is 0 Å².